The molecule has 0 spiro atoms. The van der Waals surface area contributed by atoms with Gasteiger partial charge in [-0.05, 0) is 24.8 Å². The summed E-state index contributed by atoms with van der Waals surface area (Å²) in [5, 5.41) is 21.8. The Hall–Kier alpha value is -1.68. The molecule has 1 heterocycles. The maximum absolute atomic E-state index is 9.08. The van der Waals surface area contributed by atoms with E-state index in [1.807, 2.05) is 24.3 Å². The molecule has 4 nitrogen and oxygen atoms in total. The standard InChI is InChI=1S/C15H21N3O/c1-2-5-12(8-9-19)10-16-15-11-17-18-14-7-4-3-6-13(14)15/h3-4,6-7,11-12,19H,2,5,8-10H2,1H3,(H,16,18). The van der Waals surface area contributed by atoms with Gasteiger partial charge in [-0.15, -0.1) is 0 Å². The second kappa shape index (κ2) is 7.04. The van der Waals surface area contributed by atoms with Crippen LogP contribution in [0.15, 0.2) is 30.5 Å². The van der Waals surface area contributed by atoms with Crippen molar-refractivity contribution in [2.75, 3.05) is 18.5 Å². The van der Waals surface area contributed by atoms with Gasteiger partial charge in [0.25, 0.3) is 0 Å². The minimum Gasteiger partial charge on any atom is -0.396 e. The molecule has 4 heteroatoms. The number of aromatic nitrogens is 2. The molecule has 1 aromatic heterocycles. The summed E-state index contributed by atoms with van der Waals surface area (Å²) in [6.45, 7) is 3.29. The lowest BCUT2D eigenvalue weighted by Crippen LogP contribution is -2.16. The van der Waals surface area contributed by atoms with Gasteiger partial charge in [0.15, 0.2) is 0 Å². The molecule has 2 N–H and O–H groups in total. The largest absolute Gasteiger partial charge is 0.396 e. The quantitative estimate of drug-likeness (QED) is 0.802. The first-order chi connectivity index (χ1) is 9.35. The van der Waals surface area contributed by atoms with Crippen molar-refractivity contribution in [3.8, 4) is 0 Å². The first kappa shape index (κ1) is 13.7. The van der Waals surface area contributed by atoms with Crippen molar-refractivity contribution in [3.63, 3.8) is 0 Å². The van der Waals surface area contributed by atoms with Crippen LogP contribution in [0.4, 0.5) is 5.69 Å². The predicted molar refractivity (Wildman–Crippen MR) is 78.1 cm³/mol. The van der Waals surface area contributed by atoms with Crippen LogP contribution in [0.3, 0.4) is 0 Å². The molecule has 1 aromatic carbocycles. The Kier molecular flexibility index (Phi) is 5.10. The average molecular weight is 259 g/mol. The maximum atomic E-state index is 9.08. The third-order valence-corrected chi connectivity index (χ3v) is 3.36. The molecular weight excluding hydrogens is 238 g/mol. The van der Waals surface area contributed by atoms with Crippen molar-refractivity contribution in [1.82, 2.24) is 10.2 Å². The van der Waals surface area contributed by atoms with Gasteiger partial charge in [-0.3, -0.25) is 0 Å². The molecule has 0 bridgehead atoms. The van der Waals surface area contributed by atoms with Crippen molar-refractivity contribution in [2.24, 2.45) is 5.92 Å². The van der Waals surface area contributed by atoms with E-state index in [4.69, 9.17) is 5.11 Å². The minimum atomic E-state index is 0.252. The monoisotopic (exact) mass is 259 g/mol. The van der Waals surface area contributed by atoms with Crippen LogP contribution in [0.5, 0.6) is 0 Å². The summed E-state index contributed by atoms with van der Waals surface area (Å²) in [6.07, 6.45) is 4.88. The van der Waals surface area contributed by atoms with Crippen LogP contribution in [0.2, 0.25) is 0 Å². The fraction of sp³-hybridized carbons (Fsp3) is 0.467. The zero-order valence-electron chi connectivity index (χ0n) is 11.3. The van der Waals surface area contributed by atoms with Crippen molar-refractivity contribution < 1.29 is 5.11 Å². The molecule has 0 aliphatic heterocycles. The molecule has 1 unspecified atom stereocenters. The number of fused-ring (bicyclic) bond motifs is 1. The maximum Gasteiger partial charge on any atom is 0.0950 e. The highest BCUT2D eigenvalue weighted by Gasteiger charge is 2.08. The van der Waals surface area contributed by atoms with E-state index in [1.165, 1.54) is 0 Å². The highest BCUT2D eigenvalue weighted by molar-refractivity contribution is 5.90. The molecule has 0 aliphatic rings. The van der Waals surface area contributed by atoms with Gasteiger partial charge in [0.05, 0.1) is 17.4 Å². The molecule has 2 rings (SSSR count). The molecule has 1 atom stereocenters. The number of aliphatic hydroxyl groups excluding tert-OH is 1. The van der Waals surface area contributed by atoms with Gasteiger partial charge in [-0.25, -0.2) is 0 Å². The second-order valence-corrected chi connectivity index (χ2v) is 4.82. The van der Waals surface area contributed by atoms with E-state index in [9.17, 15) is 0 Å². The van der Waals surface area contributed by atoms with E-state index < -0.39 is 0 Å². The smallest absolute Gasteiger partial charge is 0.0950 e. The fourth-order valence-corrected chi connectivity index (χ4v) is 2.34. The summed E-state index contributed by atoms with van der Waals surface area (Å²) in [5.74, 6) is 0.502. The van der Waals surface area contributed by atoms with Gasteiger partial charge in [0.2, 0.25) is 0 Å². The zero-order chi connectivity index (χ0) is 13.5. The Labute approximate surface area is 113 Å². The van der Waals surface area contributed by atoms with E-state index in [1.54, 1.807) is 6.20 Å². The molecule has 102 valence electrons. The van der Waals surface area contributed by atoms with E-state index in [-0.39, 0.29) is 6.61 Å². The summed E-state index contributed by atoms with van der Waals surface area (Å²) >= 11 is 0. The molecule has 0 saturated carbocycles. The molecule has 0 fully saturated rings. The van der Waals surface area contributed by atoms with Crippen LogP contribution in [0, 0.1) is 5.92 Å². The number of nitrogens with zero attached hydrogens (tertiary/aromatic N) is 2. The fourth-order valence-electron chi connectivity index (χ4n) is 2.34. The van der Waals surface area contributed by atoms with E-state index >= 15 is 0 Å². The first-order valence-electron chi connectivity index (χ1n) is 6.90. The normalized spacial score (nSPS) is 12.5. The van der Waals surface area contributed by atoms with Gasteiger partial charge in [-0.1, -0.05) is 31.5 Å². The Morgan fingerprint density at radius 3 is 2.89 bits per heavy atom. The number of hydrogen-bond acceptors (Lipinski definition) is 4. The van der Waals surface area contributed by atoms with Crippen LogP contribution >= 0.6 is 0 Å². The number of benzene rings is 1. The lowest BCUT2D eigenvalue weighted by Gasteiger charge is -2.17. The molecule has 0 saturated heterocycles. The third-order valence-electron chi connectivity index (χ3n) is 3.36. The van der Waals surface area contributed by atoms with Crippen molar-refractivity contribution in [3.05, 3.63) is 30.5 Å². The van der Waals surface area contributed by atoms with Gasteiger partial charge >= 0.3 is 0 Å². The van der Waals surface area contributed by atoms with E-state index in [2.05, 4.69) is 22.4 Å². The number of anilines is 1. The molecule has 0 aliphatic carbocycles. The molecule has 19 heavy (non-hydrogen) atoms. The van der Waals surface area contributed by atoms with E-state index in [0.29, 0.717) is 5.92 Å². The zero-order valence-corrected chi connectivity index (χ0v) is 11.3. The number of nitrogens with one attached hydrogen (secondary N) is 1. The Morgan fingerprint density at radius 2 is 2.11 bits per heavy atom. The lowest BCUT2D eigenvalue weighted by atomic mass is 10.00. The van der Waals surface area contributed by atoms with Crippen molar-refractivity contribution in [2.45, 2.75) is 26.2 Å². The van der Waals surface area contributed by atoms with Crippen LogP contribution in [0.1, 0.15) is 26.2 Å². The highest BCUT2D eigenvalue weighted by Crippen LogP contribution is 2.21. The van der Waals surface area contributed by atoms with Gasteiger partial charge in [-0.2, -0.15) is 10.2 Å². The number of aliphatic hydroxyl groups is 1. The second-order valence-electron chi connectivity index (χ2n) is 4.82. The molecule has 2 aromatic rings. The third kappa shape index (κ3) is 3.64. The Balaban J connectivity index is 2.08. The first-order valence-corrected chi connectivity index (χ1v) is 6.90. The van der Waals surface area contributed by atoms with E-state index in [0.717, 1.165) is 42.4 Å². The van der Waals surface area contributed by atoms with Gasteiger partial charge < -0.3 is 10.4 Å². The molecule has 0 radical (unpaired) electrons. The Bertz CT molecular complexity index is 504. The van der Waals surface area contributed by atoms with Crippen LogP contribution in [-0.4, -0.2) is 28.5 Å². The highest BCUT2D eigenvalue weighted by atomic mass is 16.3. The summed E-state index contributed by atoms with van der Waals surface area (Å²) in [4.78, 5) is 0. The summed E-state index contributed by atoms with van der Waals surface area (Å²) < 4.78 is 0. The molecule has 0 amide bonds. The number of rotatable bonds is 7. The van der Waals surface area contributed by atoms with Crippen LogP contribution in [-0.2, 0) is 0 Å². The SMILES string of the molecule is CCCC(CCO)CNc1cnnc2ccccc12. The molecular formula is C15H21N3O. The van der Waals surface area contributed by atoms with Crippen LogP contribution in [0.25, 0.3) is 10.9 Å². The van der Waals surface area contributed by atoms with Gasteiger partial charge in [0, 0.05) is 18.5 Å². The Morgan fingerprint density at radius 1 is 1.26 bits per heavy atom. The summed E-state index contributed by atoms with van der Waals surface area (Å²) in [6, 6.07) is 7.98. The van der Waals surface area contributed by atoms with Crippen LogP contribution < -0.4 is 5.32 Å². The minimum absolute atomic E-state index is 0.252. The van der Waals surface area contributed by atoms with Crippen molar-refractivity contribution >= 4 is 16.6 Å². The topological polar surface area (TPSA) is 58.0 Å². The number of hydrogen-bond donors (Lipinski definition) is 2. The predicted octanol–water partition coefficient (Wildman–Crippen LogP) is 2.84. The summed E-state index contributed by atoms with van der Waals surface area (Å²) in [5.41, 5.74) is 1.92. The average Bonchev–Trinajstić information content (AvgIpc) is 2.45. The van der Waals surface area contributed by atoms with Gasteiger partial charge in [0.1, 0.15) is 0 Å². The summed E-state index contributed by atoms with van der Waals surface area (Å²) in [7, 11) is 0. The lowest BCUT2D eigenvalue weighted by molar-refractivity contribution is 0.255. The van der Waals surface area contributed by atoms with Crippen molar-refractivity contribution in [1.29, 1.82) is 0 Å².